The van der Waals surface area contributed by atoms with Gasteiger partial charge in [-0.1, -0.05) is 34.1 Å². The molecule has 0 saturated heterocycles. The number of hydrogen-bond acceptors (Lipinski definition) is 5. The van der Waals surface area contributed by atoms with Crippen molar-refractivity contribution in [2.75, 3.05) is 13.7 Å². The molecule has 0 saturated carbocycles. The Kier molecular flexibility index (Phi) is 7.21. The van der Waals surface area contributed by atoms with Crippen LogP contribution in [0.15, 0.2) is 47.7 Å². The molecule has 1 heterocycles. The number of ketones is 1. The molecule has 9 heteroatoms. The molecule has 0 aromatic heterocycles. The van der Waals surface area contributed by atoms with Gasteiger partial charge in [0.15, 0.2) is 17.3 Å². The van der Waals surface area contributed by atoms with Gasteiger partial charge in [0.1, 0.15) is 21.5 Å². The molecule has 0 radical (unpaired) electrons. The van der Waals surface area contributed by atoms with E-state index in [9.17, 15) is 18.4 Å². The van der Waals surface area contributed by atoms with E-state index < -0.39 is 39.6 Å². The molecule has 0 amide bonds. The maximum atomic E-state index is 15.3. The molecular formula is C24H23BrF3NO4. The lowest BCUT2D eigenvalue weighted by Gasteiger charge is -2.46. The van der Waals surface area contributed by atoms with E-state index >= 15 is 4.39 Å². The summed E-state index contributed by atoms with van der Waals surface area (Å²) in [6, 6.07) is 6.92. The number of carbonyl (C=O) groups excluding carboxylic acids is 2. The Labute approximate surface area is 198 Å². The van der Waals surface area contributed by atoms with Crippen LogP contribution in [0.25, 0.3) is 0 Å². The summed E-state index contributed by atoms with van der Waals surface area (Å²) in [4.78, 5) is 27.9. The molecule has 2 atom stereocenters. The minimum Gasteiger partial charge on any atom is -0.494 e. The van der Waals surface area contributed by atoms with E-state index in [1.807, 2.05) is 0 Å². The van der Waals surface area contributed by atoms with Gasteiger partial charge in [-0.05, 0) is 39.0 Å². The number of nitrogens with zero attached hydrogens (tertiary/aromatic N) is 1. The van der Waals surface area contributed by atoms with Gasteiger partial charge in [-0.2, -0.15) is 0 Å². The highest BCUT2D eigenvalue weighted by Gasteiger charge is 2.54. The first kappa shape index (κ1) is 24.8. The Balaban J connectivity index is 2.25. The van der Waals surface area contributed by atoms with E-state index in [1.165, 1.54) is 43.2 Å². The summed E-state index contributed by atoms with van der Waals surface area (Å²) in [7, 11) is 1.29. The van der Waals surface area contributed by atoms with Crippen molar-refractivity contribution in [1.82, 2.24) is 4.90 Å². The molecule has 1 aliphatic heterocycles. The lowest BCUT2D eigenvalue weighted by Crippen LogP contribution is -2.55. The van der Waals surface area contributed by atoms with Crippen LogP contribution in [0.5, 0.6) is 5.75 Å². The van der Waals surface area contributed by atoms with Crippen LogP contribution in [0.1, 0.15) is 31.9 Å². The molecule has 0 aliphatic carbocycles. The third-order valence-electron chi connectivity index (χ3n) is 5.84. The number of ether oxygens (including phenoxy) is 2. The molecule has 0 bridgehead atoms. The molecule has 2 aromatic carbocycles. The van der Waals surface area contributed by atoms with Crippen LogP contribution in [-0.4, -0.2) is 36.4 Å². The maximum Gasteiger partial charge on any atom is 0.343 e. The van der Waals surface area contributed by atoms with Gasteiger partial charge in [0.05, 0.1) is 19.8 Å². The number of alkyl halides is 1. The van der Waals surface area contributed by atoms with Crippen molar-refractivity contribution < 1.29 is 32.2 Å². The Morgan fingerprint density at radius 2 is 1.76 bits per heavy atom. The lowest BCUT2D eigenvalue weighted by molar-refractivity contribution is -0.141. The fourth-order valence-corrected chi connectivity index (χ4v) is 4.79. The molecule has 2 unspecified atom stereocenters. The number of hydrogen-bond donors (Lipinski definition) is 0. The molecule has 1 aliphatic rings. The summed E-state index contributed by atoms with van der Waals surface area (Å²) in [5.74, 6) is -4.07. The van der Waals surface area contributed by atoms with Gasteiger partial charge in [-0.15, -0.1) is 0 Å². The van der Waals surface area contributed by atoms with Crippen molar-refractivity contribution in [2.45, 2.75) is 37.7 Å². The molecule has 3 rings (SSSR count). The number of halogens is 4. The van der Waals surface area contributed by atoms with Crippen LogP contribution >= 0.6 is 15.9 Å². The summed E-state index contributed by atoms with van der Waals surface area (Å²) in [5.41, 5.74) is -0.479. The van der Waals surface area contributed by atoms with Gasteiger partial charge in [0, 0.05) is 23.4 Å². The maximum absolute atomic E-state index is 15.3. The van der Waals surface area contributed by atoms with Crippen molar-refractivity contribution in [1.29, 1.82) is 0 Å². The zero-order valence-electron chi connectivity index (χ0n) is 18.5. The van der Waals surface area contributed by atoms with Crippen LogP contribution in [0, 0.1) is 17.5 Å². The second kappa shape index (κ2) is 9.59. The highest BCUT2D eigenvalue weighted by molar-refractivity contribution is 9.10. The average molecular weight is 526 g/mol. The van der Waals surface area contributed by atoms with E-state index in [2.05, 4.69) is 15.9 Å². The monoisotopic (exact) mass is 525 g/mol. The highest BCUT2D eigenvalue weighted by Crippen LogP contribution is 2.48. The van der Waals surface area contributed by atoms with Crippen LogP contribution in [0.4, 0.5) is 13.2 Å². The molecule has 176 valence electrons. The first-order valence-corrected chi connectivity index (χ1v) is 11.0. The minimum absolute atomic E-state index is 0.00317. The Hall–Kier alpha value is -2.81. The first-order chi connectivity index (χ1) is 15.6. The number of Topliss-reactive ketones (excluding diaryl/α,β-unsaturated/α-hetero) is 1. The number of carbonyl (C=O) groups is 2. The van der Waals surface area contributed by atoms with Crippen LogP contribution in [0.2, 0.25) is 0 Å². The third-order valence-corrected chi connectivity index (χ3v) is 7.29. The third kappa shape index (κ3) is 4.14. The number of rotatable bonds is 6. The second-order valence-corrected chi connectivity index (χ2v) is 8.80. The quantitative estimate of drug-likeness (QED) is 0.301. The SMILES string of the molecule is CCOC(=O)C1=C(C)N(Cc2c(F)cccc2F)C(C)C(Br)(c2cccc(OC)c2F)C1=O. The van der Waals surface area contributed by atoms with Gasteiger partial charge in [0.2, 0.25) is 0 Å². The molecule has 0 fully saturated rings. The Morgan fingerprint density at radius 3 is 2.33 bits per heavy atom. The van der Waals surface area contributed by atoms with Crippen molar-refractivity contribution in [2.24, 2.45) is 0 Å². The van der Waals surface area contributed by atoms with E-state index in [4.69, 9.17) is 9.47 Å². The van der Waals surface area contributed by atoms with Crippen LogP contribution in [-0.2, 0) is 25.2 Å². The highest BCUT2D eigenvalue weighted by atomic mass is 79.9. The summed E-state index contributed by atoms with van der Waals surface area (Å²) >= 11 is 3.41. The summed E-state index contributed by atoms with van der Waals surface area (Å²) in [6.07, 6.45) is 0. The smallest absolute Gasteiger partial charge is 0.343 e. The van der Waals surface area contributed by atoms with Crippen molar-refractivity contribution in [3.05, 3.63) is 76.2 Å². The standard InChI is InChI=1S/C24H23BrF3NO4/c1-5-33-23(31)20-13(2)29(12-15-17(26)9-7-10-18(15)27)14(3)24(25,22(20)30)16-8-6-11-19(32-4)21(16)28/h6-11,14H,5,12H2,1-4H3. The largest absolute Gasteiger partial charge is 0.494 e. The molecule has 5 nitrogen and oxygen atoms in total. The van der Waals surface area contributed by atoms with Crippen LogP contribution in [0.3, 0.4) is 0 Å². The fourth-order valence-electron chi connectivity index (χ4n) is 4.03. The van der Waals surface area contributed by atoms with Crippen molar-refractivity contribution in [3.63, 3.8) is 0 Å². The van der Waals surface area contributed by atoms with Crippen molar-refractivity contribution in [3.8, 4) is 5.75 Å². The summed E-state index contributed by atoms with van der Waals surface area (Å²) in [6.45, 7) is 4.38. The van der Waals surface area contributed by atoms with Gasteiger partial charge in [-0.25, -0.2) is 18.0 Å². The molecule has 33 heavy (non-hydrogen) atoms. The van der Waals surface area contributed by atoms with E-state index in [0.717, 1.165) is 12.1 Å². The normalized spacial score (nSPS) is 20.8. The molecule has 2 aromatic rings. The van der Waals surface area contributed by atoms with E-state index in [1.54, 1.807) is 13.8 Å². The Bertz CT molecular complexity index is 1120. The summed E-state index contributed by atoms with van der Waals surface area (Å²) in [5, 5.41) is 0. The average Bonchev–Trinajstić information content (AvgIpc) is 2.77. The van der Waals surface area contributed by atoms with E-state index in [-0.39, 0.29) is 41.3 Å². The Morgan fingerprint density at radius 1 is 1.15 bits per heavy atom. The van der Waals surface area contributed by atoms with Gasteiger partial charge in [0.25, 0.3) is 0 Å². The summed E-state index contributed by atoms with van der Waals surface area (Å²) < 4.78 is 52.6. The van der Waals surface area contributed by atoms with Gasteiger partial charge in [-0.3, -0.25) is 4.79 Å². The molecule has 0 N–H and O–H groups in total. The predicted molar refractivity (Wildman–Crippen MR) is 119 cm³/mol. The zero-order chi connectivity index (χ0) is 24.5. The number of benzene rings is 2. The predicted octanol–water partition coefficient (Wildman–Crippen LogP) is 5.01. The first-order valence-electron chi connectivity index (χ1n) is 10.2. The number of esters is 1. The van der Waals surface area contributed by atoms with Gasteiger partial charge >= 0.3 is 5.97 Å². The van der Waals surface area contributed by atoms with E-state index in [0.29, 0.717) is 0 Å². The zero-order valence-corrected chi connectivity index (χ0v) is 20.1. The minimum atomic E-state index is -1.77. The van der Waals surface area contributed by atoms with Gasteiger partial charge < -0.3 is 14.4 Å². The fraction of sp³-hybridized carbons (Fsp3) is 0.333. The second-order valence-electron chi connectivity index (χ2n) is 7.55. The molecule has 0 spiro atoms. The van der Waals surface area contributed by atoms with Crippen LogP contribution < -0.4 is 4.74 Å². The number of methoxy groups -OCH3 is 1. The van der Waals surface area contributed by atoms with Crippen molar-refractivity contribution >= 4 is 27.7 Å². The number of allylic oxidation sites excluding steroid dienone is 1. The molecular weight excluding hydrogens is 503 g/mol. The lowest BCUT2D eigenvalue weighted by atomic mass is 9.79. The topological polar surface area (TPSA) is 55.8 Å².